The first-order chi connectivity index (χ1) is 14.2. The van der Waals surface area contributed by atoms with Crippen molar-refractivity contribution >= 4 is 17.7 Å². The summed E-state index contributed by atoms with van der Waals surface area (Å²) in [5.41, 5.74) is 3.60. The number of pyridine rings is 2. The largest absolute Gasteiger partial charge is 0.465 e. The average Bonchev–Trinajstić information content (AvgIpc) is 2.67. The van der Waals surface area contributed by atoms with E-state index in [1.807, 2.05) is 76.2 Å². The van der Waals surface area contributed by atoms with Crippen LogP contribution in [0.25, 0.3) is 11.3 Å². The van der Waals surface area contributed by atoms with Crippen molar-refractivity contribution in [2.75, 3.05) is 11.9 Å². The molecule has 3 rings (SSSR count). The van der Waals surface area contributed by atoms with Crippen molar-refractivity contribution in [1.29, 1.82) is 0 Å². The lowest BCUT2D eigenvalue weighted by atomic mass is 10.0. The maximum absolute atomic E-state index is 11.6. The fourth-order valence-electron chi connectivity index (χ4n) is 3.25. The molecule has 0 aliphatic rings. The quantitative estimate of drug-likeness (QED) is 0.566. The average molecular weight is 405 g/mol. The number of rotatable bonds is 6. The highest BCUT2D eigenvalue weighted by Crippen LogP contribution is 2.23. The zero-order chi connectivity index (χ0) is 21.7. The van der Waals surface area contributed by atoms with Crippen molar-refractivity contribution in [3.63, 3.8) is 0 Å². The summed E-state index contributed by atoms with van der Waals surface area (Å²) in [5, 5.41) is 12.7. The Morgan fingerprint density at radius 2 is 1.83 bits per heavy atom. The van der Waals surface area contributed by atoms with Gasteiger partial charge in [0.15, 0.2) is 0 Å². The topological polar surface area (TPSA) is 78.4 Å². The zero-order valence-corrected chi connectivity index (χ0v) is 17.9. The summed E-state index contributed by atoms with van der Waals surface area (Å²) in [6, 6.07) is 17.8. The number of carbonyl (C=O) groups is 1. The van der Waals surface area contributed by atoms with Gasteiger partial charge in [-0.1, -0.05) is 24.3 Å². The fraction of sp³-hybridized carbons (Fsp3) is 0.292. The monoisotopic (exact) mass is 404 g/mol. The smallest absolute Gasteiger partial charge is 0.407 e. The van der Waals surface area contributed by atoms with E-state index in [0.29, 0.717) is 13.0 Å². The van der Waals surface area contributed by atoms with Crippen molar-refractivity contribution in [1.82, 2.24) is 14.9 Å². The van der Waals surface area contributed by atoms with Crippen molar-refractivity contribution in [3.8, 4) is 11.3 Å². The van der Waals surface area contributed by atoms with E-state index in [2.05, 4.69) is 16.4 Å². The Morgan fingerprint density at radius 3 is 2.53 bits per heavy atom. The number of nitrogens with one attached hydrogen (secondary N) is 1. The molecule has 0 atom stereocenters. The summed E-state index contributed by atoms with van der Waals surface area (Å²) >= 11 is 0. The standard InChI is InChI=1S/C24H28N4O2/c1-17-11-13-25-22(15-17)27-21-10-6-9-20(26-21)19-8-5-7-18(16-19)12-14-28(23(29)30)24(2,3)4/h5-11,13,15-16H,12,14H2,1-4H3,(H,29,30)(H,25,26,27). The lowest BCUT2D eigenvalue weighted by Crippen LogP contribution is -2.45. The summed E-state index contributed by atoms with van der Waals surface area (Å²) in [6.45, 7) is 8.18. The SMILES string of the molecule is Cc1ccnc(Nc2cccc(-c3cccc(CCN(C(=O)O)C(C)(C)C)c3)n2)c1. The molecule has 0 unspecified atom stereocenters. The zero-order valence-electron chi connectivity index (χ0n) is 17.9. The van der Waals surface area contributed by atoms with Crippen LogP contribution in [0.3, 0.4) is 0 Å². The normalized spacial score (nSPS) is 11.2. The molecule has 2 aromatic heterocycles. The van der Waals surface area contributed by atoms with Crippen molar-refractivity contribution in [2.45, 2.75) is 39.7 Å². The van der Waals surface area contributed by atoms with Gasteiger partial charge in [0.05, 0.1) is 5.69 Å². The summed E-state index contributed by atoms with van der Waals surface area (Å²) in [4.78, 5) is 22.1. The van der Waals surface area contributed by atoms with E-state index in [1.54, 1.807) is 6.20 Å². The van der Waals surface area contributed by atoms with Crippen LogP contribution in [0.4, 0.5) is 16.4 Å². The molecule has 1 amide bonds. The van der Waals surface area contributed by atoms with E-state index in [-0.39, 0.29) is 0 Å². The van der Waals surface area contributed by atoms with E-state index in [1.165, 1.54) is 4.90 Å². The summed E-state index contributed by atoms with van der Waals surface area (Å²) in [7, 11) is 0. The molecule has 1 aromatic carbocycles. The summed E-state index contributed by atoms with van der Waals surface area (Å²) in [6.07, 6.45) is 1.51. The number of hydrogen-bond donors (Lipinski definition) is 2. The number of nitrogens with zero attached hydrogens (tertiary/aromatic N) is 3. The van der Waals surface area contributed by atoms with Crippen LogP contribution in [0.5, 0.6) is 0 Å². The Morgan fingerprint density at radius 1 is 1.07 bits per heavy atom. The highest BCUT2D eigenvalue weighted by molar-refractivity contribution is 5.66. The molecule has 0 saturated heterocycles. The van der Waals surface area contributed by atoms with Gasteiger partial charge in [-0.3, -0.25) is 0 Å². The molecule has 0 bridgehead atoms. The third-order valence-corrected chi connectivity index (χ3v) is 4.81. The molecule has 6 heteroatoms. The van der Waals surface area contributed by atoms with Crippen LogP contribution < -0.4 is 5.32 Å². The lowest BCUT2D eigenvalue weighted by molar-refractivity contribution is 0.101. The third-order valence-electron chi connectivity index (χ3n) is 4.81. The molecule has 2 heterocycles. The Balaban J connectivity index is 1.76. The first kappa shape index (κ1) is 21.3. The highest BCUT2D eigenvalue weighted by Gasteiger charge is 2.25. The molecule has 0 spiro atoms. The van der Waals surface area contributed by atoms with Crippen LogP contribution >= 0.6 is 0 Å². The van der Waals surface area contributed by atoms with E-state index in [4.69, 9.17) is 4.98 Å². The molecule has 0 radical (unpaired) electrons. The number of amides is 1. The van der Waals surface area contributed by atoms with Crippen LogP contribution in [0, 0.1) is 6.92 Å². The summed E-state index contributed by atoms with van der Waals surface area (Å²) < 4.78 is 0. The van der Waals surface area contributed by atoms with Gasteiger partial charge in [0.25, 0.3) is 0 Å². The van der Waals surface area contributed by atoms with Crippen LogP contribution in [-0.2, 0) is 6.42 Å². The van der Waals surface area contributed by atoms with Gasteiger partial charge >= 0.3 is 6.09 Å². The van der Waals surface area contributed by atoms with Crippen LogP contribution in [0.15, 0.2) is 60.8 Å². The van der Waals surface area contributed by atoms with Gasteiger partial charge in [0, 0.05) is 23.8 Å². The van der Waals surface area contributed by atoms with Gasteiger partial charge in [-0.15, -0.1) is 0 Å². The molecule has 0 aliphatic heterocycles. The van der Waals surface area contributed by atoms with E-state index >= 15 is 0 Å². The van der Waals surface area contributed by atoms with Crippen LogP contribution in [0.2, 0.25) is 0 Å². The van der Waals surface area contributed by atoms with E-state index in [0.717, 1.165) is 34.0 Å². The maximum atomic E-state index is 11.6. The Hall–Kier alpha value is -3.41. The number of aryl methyl sites for hydroxylation is 1. The first-order valence-corrected chi connectivity index (χ1v) is 9.99. The molecule has 2 N–H and O–H groups in total. The number of anilines is 2. The molecule has 156 valence electrons. The van der Waals surface area contributed by atoms with Gasteiger partial charge in [0.1, 0.15) is 11.6 Å². The predicted octanol–water partition coefficient (Wildman–Crippen LogP) is 5.52. The number of benzene rings is 1. The first-order valence-electron chi connectivity index (χ1n) is 9.99. The molecule has 6 nitrogen and oxygen atoms in total. The molecule has 30 heavy (non-hydrogen) atoms. The van der Waals surface area contributed by atoms with Gasteiger partial charge in [-0.25, -0.2) is 14.8 Å². The Bertz CT molecular complexity index is 1030. The molecule has 0 aliphatic carbocycles. The second-order valence-electron chi connectivity index (χ2n) is 8.31. The summed E-state index contributed by atoms with van der Waals surface area (Å²) in [5.74, 6) is 1.48. The third kappa shape index (κ3) is 5.56. The molecule has 0 saturated carbocycles. The number of aromatic nitrogens is 2. The van der Waals surface area contributed by atoms with Gasteiger partial charge < -0.3 is 15.3 Å². The van der Waals surface area contributed by atoms with Crippen molar-refractivity contribution < 1.29 is 9.90 Å². The number of hydrogen-bond acceptors (Lipinski definition) is 4. The second-order valence-corrected chi connectivity index (χ2v) is 8.31. The highest BCUT2D eigenvalue weighted by atomic mass is 16.4. The molecule has 0 fully saturated rings. The van der Waals surface area contributed by atoms with Gasteiger partial charge in [0.2, 0.25) is 0 Å². The minimum atomic E-state index is -0.899. The van der Waals surface area contributed by atoms with E-state index in [9.17, 15) is 9.90 Å². The fourth-order valence-corrected chi connectivity index (χ4v) is 3.25. The Kier molecular flexibility index (Phi) is 6.35. The minimum Gasteiger partial charge on any atom is -0.465 e. The lowest BCUT2D eigenvalue weighted by Gasteiger charge is -2.33. The second kappa shape index (κ2) is 8.95. The number of carboxylic acid groups (broad SMARTS) is 1. The van der Waals surface area contributed by atoms with Gasteiger partial charge in [-0.05, 0) is 75.6 Å². The van der Waals surface area contributed by atoms with Crippen LogP contribution in [-0.4, -0.2) is 38.2 Å². The predicted molar refractivity (Wildman–Crippen MR) is 120 cm³/mol. The van der Waals surface area contributed by atoms with Crippen molar-refractivity contribution in [2.24, 2.45) is 0 Å². The van der Waals surface area contributed by atoms with Gasteiger partial charge in [-0.2, -0.15) is 0 Å². The van der Waals surface area contributed by atoms with E-state index < -0.39 is 11.6 Å². The van der Waals surface area contributed by atoms with Crippen LogP contribution in [0.1, 0.15) is 31.9 Å². The minimum absolute atomic E-state index is 0.436. The molecular formula is C24H28N4O2. The Labute approximate surface area is 177 Å². The van der Waals surface area contributed by atoms with Crippen molar-refractivity contribution in [3.05, 3.63) is 71.9 Å². The molecular weight excluding hydrogens is 376 g/mol. The maximum Gasteiger partial charge on any atom is 0.407 e. The molecule has 3 aromatic rings.